The van der Waals surface area contributed by atoms with E-state index in [-0.39, 0.29) is 31.1 Å². The number of nitrogens with zero attached hydrogens (tertiary/aromatic N) is 3. The first kappa shape index (κ1) is 16.4. The molecule has 0 bridgehead atoms. The van der Waals surface area contributed by atoms with Gasteiger partial charge < -0.3 is 4.74 Å². The van der Waals surface area contributed by atoms with Crippen LogP contribution < -0.4 is 5.56 Å². The van der Waals surface area contributed by atoms with Crippen molar-refractivity contribution in [2.45, 2.75) is 19.6 Å². The minimum Gasteiger partial charge on any atom is -0.458 e. The summed E-state index contributed by atoms with van der Waals surface area (Å²) in [6.07, 6.45) is 1.57. The number of fused-ring (bicyclic) bond motifs is 2. The van der Waals surface area contributed by atoms with Gasteiger partial charge >= 0.3 is 5.97 Å². The second-order valence-corrected chi connectivity index (χ2v) is 6.86. The Balaban J connectivity index is 1.38. The van der Waals surface area contributed by atoms with Gasteiger partial charge in [0.1, 0.15) is 11.6 Å². The fraction of sp³-hybridized carbons (Fsp3) is 0.158. The Morgan fingerprint density at radius 2 is 1.85 bits per heavy atom. The van der Waals surface area contributed by atoms with E-state index in [1.165, 1.54) is 22.2 Å². The minimum atomic E-state index is -0.371. The van der Waals surface area contributed by atoms with Crippen molar-refractivity contribution in [2.24, 2.45) is 0 Å². The van der Waals surface area contributed by atoms with E-state index in [4.69, 9.17) is 4.74 Å². The molecule has 2 heterocycles. The lowest BCUT2D eigenvalue weighted by Gasteiger charge is -2.06. The van der Waals surface area contributed by atoms with Crippen molar-refractivity contribution < 1.29 is 9.53 Å². The van der Waals surface area contributed by atoms with E-state index in [9.17, 15) is 9.59 Å². The molecule has 0 saturated heterocycles. The molecule has 26 heavy (non-hydrogen) atoms. The fourth-order valence-electron chi connectivity index (χ4n) is 2.67. The number of esters is 1. The lowest BCUT2D eigenvalue weighted by molar-refractivity contribution is -0.145. The number of thiazole rings is 1. The van der Waals surface area contributed by atoms with Crippen LogP contribution in [0.5, 0.6) is 0 Å². The molecule has 0 aliphatic carbocycles. The third kappa shape index (κ3) is 3.34. The number of carbonyl (C=O) groups is 1. The molecule has 0 aliphatic heterocycles. The van der Waals surface area contributed by atoms with Gasteiger partial charge in [0.05, 0.1) is 33.9 Å². The quantitative estimate of drug-likeness (QED) is 0.508. The van der Waals surface area contributed by atoms with Gasteiger partial charge in [-0.25, -0.2) is 9.97 Å². The molecule has 0 N–H and O–H groups in total. The Morgan fingerprint density at radius 1 is 1.08 bits per heavy atom. The number of benzene rings is 2. The number of ether oxygens (including phenoxy) is 1. The standard InChI is InChI=1S/C19H15N3O3S/c23-18(25-11-17-21-15-7-3-4-8-16(15)26-17)9-10-22-12-20-14-6-2-1-5-13(14)19(22)24/h1-8,12H,9-11H2. The van der Waals surface area contributed by atoms with Gasteiger partial charge in [-0.15, -0.1) is 11.3 Å². The Hall–Kier alpha value is -3.06. The van der Waals surface area contributed by atoms with Crippen LogP contribution in [-0.2, 0) is 22.7 Å². The fourth-order valence-corrected chi connectivity index (χ4v) is 3.55. The number of aromatic nitrogens is 3. The molecule has 0 spiro atoms. The van der Waals surface area contributed by atoms with Gasteiger partial charge in [-0.2, -0.15) is 0 Å². The maximum Gasteiger partial charge on any atom is 0.308 e. The maximum absolute atomic E-state index is 12.4. The Bertz CT molecular complexity index is 1120. The molecular weight excluding hydrogens is 350 g/mol. The first-order chi connectivity index (χ1) is 12.7. The van der Waals surface area contributed by atoms with Crippen molar-refractivity contribution in [3.8, 4) is 0 Å². The molecule has 2 aromatic heterocycles. The Morgan fingerprint density at radius 3 is 2.69 bits per heavy atom. The Labute approximate surface area is 152 Å². The zero-order valence-electron chi connectivity index (χ0n) is 13.8. The van der Waals surface area contributed by atoms with Crippen LogP contribution in [0.2, 0.25) is 0 Å². The van der Waals surface area contributed by atoms with E-state index in [1.807, 2.05) is 30.3 Å². The zero-order valence-corrected chi connectivity index (χ0v) is 14.6. The SMILES string of the molecule is O=C(CCn1cnc2ccccc2c1=O)OCc1nc2ccccc2s1. The van der Waals surface area contributed by atoms with E-state index in [1.54, 1.807) is 18.2 Å². The van der Waals surface area contributed by atoms with Crippen molar-refractivity contribution in [2.75, 3.05) is 0 Å². The zero-order chi connectivity index (χ0) is 17.9. The van der Waals surface area contributed by atoms with Crippen LogP contribution in [0.3, 0.4) is 0 Å². The average molecular weight is 365 g/mol. The summed E-state index contributed by atoms with van der Waals surface area (Å²) in [5.74, 6) is -0.371. The van der Waals surface area contributed by atoms with Crippen LogP contribution in [0, 0.1) is 0 Å². The molecule has 4 aromatic rings. The number of aryl methyl sites for hydroxylation is 1. The highest BCUT2D eigenvalue weighted by Gasteiger charge is 2.09. The summed E-state index contributed by atoms with van der Waals surface area (Å²) in [6.45, 7) is 0.373. The van der Waals surface area contributed by atoms with Crippen molar-refractivity contribution in [1.29, 1.82) is 0 Å². The van der Waals surface area contributed by atoms with Crippen LogP contribution in [0.15, 0.2) is 59.7 Å². The summed E-state index contributed by atoms with van der Waals surface area (Å²) < 4.78 is 7.77. The topological polar surface area (TPSA) is 74.1 Å². The lowest BCUT2D eigenvalue weighted by Crippen LogP contribution is -2.22. The maximum atomic E-state index is 12.4. The highest BCUT2D eigenvalue weighted by Crippen LogP contribution is 2.22. The predicted molar refractivity (Wildman–Crippen MR) is 100 cm³/mol. The van der Waals surface area contributed by atoms with Gasteiger partial charge in [-0.3, -0.25) is 14.2 Å². The summed E-state index contributed by atoms with van der Waals surface area (Å²) in [5, 5.41) is 1.29. The highest BCUT2D eigenvalue weighted by atomic mass is 32.1. The number of carbonyl (C=O) groups excluding carboxylic acids is 1. The second-order valence-electron chi connectivity index (χ2n) is 5.75. The molecule has 130 valence electrons. The first-order valence-corrected chi connectivity index (χ1v) is 8.96. The van der Waals surface area contributed by atoms with Crippen LogP contribution in [-0.4, -0.2) is 20.5 Å². The normalized spacial score (nSPS) is 11.1. The lowest BCUT2D eigenvalue weighted by atomic mass is 10.2. The molecule has 2 aromatic carbocycles. The van der Waals surface area contributed by atoms with Gasteiger partial charge in [0.25, 0.3) is 5.56 Å². The molecule has 0 fully saturated rings. The van der Waals surface area contributed by atoms with E-state index in [0.29, 0.717) is 10.9 Å². The molecule has 7 heteroatoms. The third-order valence-corrected chi connectivity index (χ3v) is 4.99. The summed E-state index contributed by atoms with van der Waals surface area (Å²) >= 11 is 1.50. The highest BCUT2D eigenvalue weighted by molar-refractivity contribution is 7.18. The van der Waals surface area contributed by atoms with Crippen molar-refractivity contribution in [3.63, 3.8) is 0 Å². The van der Waals surface area contributed by atoms with E-state index in [0.717, 1.165) is 15.2 Å². The summed E-state index contributed by atoms with van der Waals surface area (Å²) in [5.41, 5.74) is 1.39. The number of para-hydroxylation sites is 2. The third-order valence-electron chi connectivity index (χ3n) is 3.98. The van der Waals surface area contributed by atoms with Gasteiger partial charge in [0.2, 0.25) is 0 Å². The van der Waals surface area contributed by atoms with Gasteiger partial charge in [-0.1, -0.05) is 24.3 Å². The number of hydrogen-bond acceptors (Lipinski definition) is 6. The van der Waals surface area contributed by atoms with Crippen molar-refractivity contribution >= 4 is 38.4 Å². The summed E-state index contributed by atoms with van der Waals surface area (Å²) in [7, 11) is 0. The second kappa shape index (κ2) is 7.05. The predicted octanol–water partition coefficient (Wildman–Crippen LogP) is 3.14. The first-order valence-electron chi connectivity index (χ1n) is 8.15. The van der Waals surface area contributed by atoms with Gasteiger partial charge in [0.15, 0.2) is 0 Å². The van der Waals surface area contributed by atoms with Gasteiger partial charge in [0, 0.05) is 6.54 Å². The van der Waals surface area contributed by atoms with E-state index < -0.39 is 0 Å². The molecule has 0 unspecified atom stereocenters. The van der Waals surface area contributed by atoms with Crippen LogP contribution in [0.25, 0.3) is 21.1 Å². The monoisotopic (exact) mass is 365 g/mol. The van der Waals surface area contributed by atoms with Crippen molar-refractivity contribution in [1.82, 2.24) is 14.5 Å². The average Bonchev–Trinajstić information content (AvgIpc) is 3.09. The molecule has 4 rings (SSSR count). The Kier molecular flexibility index (Phi) is 4.45. The summed E-state index contributed by atoms with van der Waals surface area (Å²) in [4.78, 5) is 33.0. The van der Waals surface area contributed by atoms with Crippen LogP contribution >= 0.6 is 11.3 Å². The van der Waals surface area contributed by atoms with Crippen LogP contribution in [0.1, 0.15) is 11.4 Å². The molecule has 6 nitrogen and oxygen atoms in total. The number of rotatable bonds is 5. The van der Waals surface area contributed by atoms with Gasteiger partial charge in [-0.05, 0) is 24.3 Å². The molecular formula is C19H15N3O3S. The van der Waals surface area contributed by atoms with Crippen LogP contribution in [0.4, 0.5) is 0 Å². The molecule has 0 radical (unpaired) electrons. The van der Waals surface area contributed by atoms with E-state index in [2.05, 4.69) is 9.97 Å². The van der Waals surface area contributed by atoms with E-state index >= 15 is 0 Å². The molecule has 0 aliphatic rings. The largest absolute Gasteiger partial charge is 0.458 e. The molecule has 0 saturated carbocycles. The number of hydrogen-bond donors (Lipinski definition) is 0. The summed E-state index contributed by atoms with van der Waals surface area (Å²) in [6, 6.07) is 14.9. The minimum absolute atomic E-state index is 0.102. The molecule has 0 amide bonds. The van der Waals surface area contributed by atoms with Crippen molar-refractivity contribution in [3.05, 3.63) is 70.2 Å². The smallest absolute Gasteiger partial charge is 0.308 e. The molecule has 0 atom stereocenters.